The van der Waals surface area contributed by atoms with Crippen LogP contribution in [-0.2, 0) is 0 Å². The Labute approximate surface area is 95.2 Å². The van der Waals surface area contributed by atoms with Crippen LogP contribution < -0.4 is 5.32 Å². The van der Waals surface area contributed by atoms with Gasteiger partial charge in [0.25, 0.3) is 0 Å². The summed E-state index contributed by atoms with van der Waals surface area (Å²) < 4.78 is 0. The van der Waals surface area contributed by atoms with E-state index in [9.17, 15) is 0 Å². The lowest BCUT2D eigenvalue weighted by Gasteiger charge is -2.04. The van der Waals surface area contributed by atoms with Crippen molar-refractivity contribution in [1.82, 2.24) is 0 Å². The van der Waals surface area contributed by atoms with Gasteiger partial charge in [0.15, 0.2) is 0 Å². The molecule has 1 aromatic rings. The average molecular weight is 221 g/mol. The van der Waals surface area contributed by atoms with Crippen LogP contribution in [-0.4, -0.2) is 6.54 Å². The Balaban J connectivity index is 2.69. The van der Waals surface area contributed by atoms with Crippen LogP contribution in [0.1, 0.15) is 19.4 Å². The summed E-state index contributed by atoms with van der Waals surface area (Å²) in [6.45, 7) is 4.87. The monoisotopic (exact) mass is 220 g/mol. The molecule has 0 amide bonds. The van der Waals surface area contributed by atoms with Crippen molar-refractivity contribution in [3.05, 3.63) is 40.4 Å². The predicted molar refractivity (Wildman–Crippen MR) is 64.1 cm³/mol. The van der Waals surface area contributed by atoms with Gasteiger partial charge in [0, 0.05) is 12.2 Å². The maximum absolute atomic E-state index is 8.69. The zero-order valence-corrected chi connectivity index (χ0v) is 9.60. The summed E-state index contributed by atoms with van der Waals surface area (Å²) in [6, 6.07) is 7.35. The van der Waals surface area contributed by atoms with E-state index in [1.807, 2.05) is 26.0 Å². The smallest absolute Gasteiger partial charge is 0.101 e. The molecule has 0 aliphatic heterocycles. The van der Waals surface area contributed by atoms with Crippen LogP contribution in [0, 0.1) is 11.3 Å². The number of hydrogen-bond acceptors (Lipinski definition) is 2. The van der Waals surface area contributed by atoms with Crippen molar-refractivity contribution >= 4 is 17.3 Å². The number of nitrogens with zero attached hydrogens (tertiary/aromatic N) is 1. The van der Waals surface area contributed by atoms with Gasteiger partial charge < -0.3 is 5.32 Å². The normalized spacial score (nSPS) is 9.20. The minimum Gasteiger partial charge on any atom is -0.382 e. The predicted octanol–water partition coefficient (Wildman–Crippen LogP) is 3.59. The van der Waals surface area contributed by atoms with Crippen molar-refractivity contribution in [3.63, 3.8) is 0 Å². The number of allylic oxidation sites excluding steroid dienone is 1. The van der Waals surface area contributed by atoms with Gasteiger partial charge in [-0.25, -0.2) is 0 Å². The third kappa shape index (κ3) is 3.65. The van der Waals surface area contributed by atoms with E-state index in [2.05, 4.69) is 11.4 Å². The molecule has 2 nitrogen and oxygen atoms in total. The van der Waals surface area contributed by atoms with Crippen LogP contribution in [0.3, 0.4) is 0 Å². The summed E-state index contributed by atoms with van der Waals surface area (Å²) in [5.74, 6) is 0. The molecule has 0 aromatic heterocycles. The van der Waals surface area contributed by atoms with E-state index < -0.39 is 0 Å². The summed E-state index contributed by atoms with van der Waals surface area (Å²) in [5.41, 5.74) is 2.70. The molecule has 0 atom stereocenters. The van der Waals surface area contributed by atoms with Gasteiger partial charge in [0.1, 0.15) is 6.07 Å². The molecule has 1 N–H and O–H groups in total. The van der Waals surface area contributed by atoms with Gasteiger partial charge in [-0.15, -0.1) is 0 Å². The lowest BCUT2D eigenvalue weighted by atomic mass is 10.2. The first-order chi connectivity index (χ1) is 7.13. The molecule has 1 aromatic carbocycles. The fraction of sp³-hybridized carbons (Fsp3) is 0.250. The van der Waals surface area contributed by atoms with E-state index in [-0.39, 0.29) is 0 Å². The van der Waals surface area contributed by atoms with Crippen LogP contribution in [0.2, 0.25) is 5.02 Å². The topological polar surface area (TPSA) is 35.8 Å². The van der Waals surface area contributed by atoms with Gasteiger partial charge in [0.05, 0.1) is 10.6 Å². The second-order valence-corrected chi connectivity index (χ2v) is 3.88. The molecule has 0 saturated heterocycles. The molecular weight excluding hydrogens is 208 g/mol. The van der Waals surface area contributed by atoms with E-state index >= 15 is 0 Å². The fourth-order valence-electron chi connectivity index (χ4n) is 1.09. The summed E-state index contributed by atoms with van der Waals surface area (Å²) >= 11 is 5.89. The maximum atomic E-state index is 8.69. The molecule has 15 heavy (non-hydrogen) atoms. The third-order valence-electron chi connectivity index (χ3n) is 1.91. The molecule has 0 unspecified atom stereocenters. The van der Waals surface area contributed by atoms with E-state index in [1.54, 1.807) is 12.1 Å². The second-order valence-electron chi connectivity index (χ2n) is 3.47. The second kappa shape index (κ2) is 5.43. The van der Waals surface area contributed by atoms with Crippen LogP contribution in [0.4, 0.5) is 5.69 Å². The van der Waals surface area contributed by atoms with Gasteiger partial charge in [-0.3, -0.25) is 0 Å². The zero-order valence-electron chi connectivity index (χ0n) is 8.84. The number of nitriles is 1. The summed E-state index contributed by atoms with van der Waals surface area (Å²) in [7, 11) is 0. The minimum absolute atomic E-state index is 0.486. The Bertz CT molecular complexity index is 412. The molecule has 0 spiro atoms. The van der Waals surface area contributed by atoms with Crippen LogP contribution in [0.5, 0.6) is 0 Å². The lowest BCUT2D eigenvalue weighted by Crippen LogP contribution is -1.98. The number of nitrogens with one attached hydrogen (secondary N) is 1. The van der Waals surface area contributed by atoms with Gasteiger partial charge in [-0.1, -0.05) is 23.3 Å². The van der Waals surface area contributed by atoms with Crippen LogP contribution in [0.15, 0.2) is 29.8 Å². The maximum Gasteiger partial charge on any atom is 0.101 e. The Morgan fingerprint density at radius 2 is 2.27 bits per heavy atom. The highest BCUT2D eigenvalue weighted by Crippen LogP contribution is 2.19. The van der Waals surface area contributed by atoms with Crippen molar-refractivity contribution in [1.29, 1.82) is 5.26 Å². The Hall–Kier alpha value is -1.46. The third-order valence-corrected chi connectivity index (χ3v) is 2.22. The molecule has 0 heterocycles. The van der Waals surface area contributed by atoms with Gasteiger partial charge in [-0.2, -0.15) is 5.26 Å². The number of halogens is 1. The van der Waals surface area contributed by atoms with E-state index in [4.69, 9.17) is 16.9 Å². The van der Waals surface area contributed by atoms with E-state index in [0.29, 0.717) is 10.6 Å². The van der Waals surface area contributed by atoms with Crippen molar-refractivity contribution in [2.75, 3.05) is 11.9 Å². The van der Waals surface area contributed by atoms with Crippen molar-refractivity contribution in [2.24, 2.45) is 0 Å². The largest absolute Gasteiger partial charge is 0.382 e. The first-order valence-electron chi connectivity index (χ1n) is 4.70. The summed E-state index contributed by atoms with van der Waals surface area (Å²) in [5, 5.41) is 12.4. The number of benzene rings is 1. The Morgan fingerprint density at radius 3 is 2.80 bits per heavy atom. The summed E-state index contributed by atoms with van der Waals surface area (Å²) in [4.78, 5) is 0. The van der Waals surface area contributed by atoms with E-state index in [1.165, 1.54) is 5.57 Å². The lowest BCUT2D eigenvalue weighted by molar-refractivity contribution is 1.26. The molecule has 78 valence electrons. The van der Waals surface area contributed by atoms with Crippen LogP contribution in [0.25, 0.3) is 0 Å². The number of anilines is 1. The highest BCUT2D eigenvalue weighted by atomic mass is 35.5. The molecule has 1 rings (SSSR count). The van der Waals surface area contributed by atoms with Crippen LogP contribution >= 0.6 is 11.6 Å². The standard InChI is InChI=1S/C12H13ClN2/c1-9(2)5-6-15-11-4-3-10(8-14)12(13)7-11/h3-5,7,15H,6H2,1-2H3. The Kier molecular flexibility index (Phi) is 4.20. The number of rotatable bonds is 3. The molecule has 0 bridgehead atoms. The van der Waals surface area contributed by atoms with Gasteiger partial charge >= 0.3 is 0 Å². The molecule has 0 saturated carbocycles. The average Bonchev–Trinajstić information content (AvgIpc) is 2.17. The highest BCUT2D eigenvalue weighted by Gasteiger charge is 1.99. The van der Waals surface area contributed by atoms with Crippen molar-refractivity contribution < 1.29 is 0 Å². The quantitative estimate of drug-likeness (QED) is 0.791. The molecular formula is C12H13ClN2. The molecule has 0 aliphatic rings. The Morgan fingerprint density at radius 1 is 1.53 bits per heavy atom. The van der Waals surface area contributed by atoms with Gasteiger partial charge in [-0.05, 0) is 32.0 Å². The van der Waals surface area contributed by atoms with Crippen molar-refractivity contribution in [3.8, 4) is 6.07 Å². The molecule has 0 aliphatic carbocycles. The first-order valence-corrected chi connectivity index (χ1v) is 5.08. The number of hydrogen-bond donors (Lipinski definition) is 1. The molecule has 0 radical (unpaired) electrons. The summed E-state index contributed by atoms with van der Waals surface area (Å²) in [6.07, 6.45) is 2.09. The zero-order chi connectivity index (χ0) is 11.3. The molecule has 3 heteroatoms. The van der Waals surface area contributed by atoms with Crippen molar-refractivity contribution in [2.45, 2.75) is 13.8 Å². The first kappa shape index (κ1) is 11.6. The van der Waals surface area contributed by atoms with E-state index in [0.717, 1.165) is 12.2 Å². The molecule has 0 fully saturated rings. The fourth-order valence-corrected chi connectivity index (χ4v) is 1.31. The SMILES string of the molecule is CC(C)=CCNc1ccc(C#N)c(Cl)c1. The highest BCUT2D eigenvalue weighted by molar-refractivity contribution is 6.32. The van der Waals surface area contributed by atoms with Gasteiger partial charge in [0.2, 0.25) is 0 Å². The minimum atomic E-state index is 0.486.